The van der Waals surface area contributed by atoms with Gasteiger partial charge in [0.15, 0.2) is 5.78 Å². The molecule has 0 unspecified atom stereocenters. The number of nitrogens with zero attached hydrogens (tertiary/aromatic N) is 1. The lowest BCUT2D eigenvalue weighted by molar-refractivity contribution is -0.122. The van der Waals surface area contributed by atoms with Crippen LogP contribution in [0, 0.1) is 0 Å². The van der Waals surface area contributed by atoms with Crippen LogP contribution in [-0.2, 0) is 4.79 Å². The maximum absolute atomic E-state index is 12.4. The van der Waals surface area contributed by atoms with E-state index in [4.69, 9.17) is 0 Å². The first-order valence-corrected chi connectivity index (χ1v) is 7.85. The second-order valence-electron chi connectivity index (χ2n) is 4.97. The van der Waals surface area contributed by atoms with Gasteiger partial charge in [0.2, 0.25) is 0 Å². The van der Waals surface area contributed by atoms with Crippen LogP contribution >= 0.6 is 11.8 Å². The third-order valence-corrected chi connectivity index (χ3v) is 4.28. The highest BCUT2D eigenvalue weighted by Gasteiger charge is 2.36. The Bertz CT molecular complexity index is 784. The van der Waals surface area contributed by atoms with Crippen molar-refractivity contribution < 1.29 is 14.4 Å². The molecular formula is C18H13NO3S. The summed E-state index contributed by atoms with van der Waals surface area (Å²) in [5, 5.41) is -0.415. The van der Waals surface area contributed by atoms with Crippen LogP contribution < -0.4 is 0 Å². The Morgan fingerprint density at radius 1 is 0.957 bits per heavy atom. The van der Waals surface area contributed by atoms with Crippen LogP contribution in [0.15, 0.2) is 65.6 Å². The quantitative estimate of drug-likeness (QED) is 0.637. The van der Waals surface area contributed by atoms with Gasteiger partial charge in [0.25, 0.3) is 11.1 Å². The molecule has 5 heteroatoms. The number of Topliss-reactive ketones (excluding diaryl/α,β-unsaturated/α-hetero) is 1. The van der Waals surface area contributed by atoms with Gasteiger partial charge in [0.05, 0.1) is 11.4 Å². The van der Waals surface area contributed by atoms with Gasteiger partial charge in [-0.1, -0.05) is 60.7 Å². The monoisotopic (exact) mass is 323 g/mol. The van der Waals surface area contributed by atoms with Gasteiger partial charge in [-0.2, -0.15) is 0 Å². The Kier molecular flexibility index (Phi) is 4.39. The van der Waals surface area contributed by atoms with E-state index in [2.05, 4.69) is 0 Å². The first-order chi connectivity index (χ1) is 11.1. The van der Waals surface area contributed by atoms with Crippen LogP contribution in [0.2, 0.25) is 0 Å². The third-order valence-electron chi connectivity index (χ3n) is 3.37. The highest BCUT2D eigenvalue weighted by molar-refractivity contribution is 8.18. The Hall–Kier alpha value is -2.66. The average Bonchev–Trinajstić information content (AvgIpc) is 2.84. The molecule has 23 heavy (non-hydrogen) atoms. The second-order valence-corrected chi connectivity index (χ2v) is 5.96. The van der Waals surface area contributed by atoms with Crippen molar-refractivity contribution in [3.63, 3.8) is 0 Å². The summed E-state index contributed by atoms with van der Waals surface area (Å²) < 4.78 is 0. The van der Waals surface area contributed by atoms with Gasteiger partial charge in [0, 0.05) is 5.56 Å². The van der Waals surface area contributed by atoms with E-state index in [-0.39, 0.29) is 12.3 Å². The fraction of sp³-hybridized carbons (Fsp3) is 0.0556. The molecular weight excluding hydrogens is 310 g/mol. The van der Waals surface area contributed by atoms with Crippen LogP contribution in [-0.4, -0.2) is 28.4 Å². The van der Waals surface area contributed by atoms with Crippen molar-refractivity contribution in [2.75, 3.05) is 6.54 Å². The second kappa shape index (κ2) is 6.62. The molecule has 0 bridgehead atoms. The van der Waals surface area contributed by atoms with Gasteiger partial charge in [0.1, 0.15) is 0 Å². The predicted molar refractivity (Wildman–Crippen MR) is 89.9 cm³/mol. The third kappa shape index (κ3) is 3.40. The number of carbonyl (C=O) groups is 3. The molecule has 114 valence electrons. The highest BCUT2D eigenvalue weighted by atomic mass is 32.2. The topological polar surface area (TPSA) is 54.5 Å². The summed E-state index contributed by atoms with van der Waals surface area (Å²) >= 11 is 0.860. The van der Waals surface area contributed by atoms with Gasteiger partial charge in [-0.25, -0.2) is 0 Å². The summed E-state index contributed by atoms with van der Waals surface area (Å²) in [6.45, 7) is -0.235. The molecule has 0 atom stereocenters. The number of rotatable bonds is 4. The zero-order valence-electron chi connectivity index (χ0n) is 12.1. The van der Waals surface area contributed by atoms with Crippen molar-refractivity contribution in [2.45, 2.75) is 0 Å². The molecule has 4 nitrogen and oxygen atoms in total. The van der Waals surface area contributed by atoms with Crippen molar-refractivity contribution >= 4 is 34.8 Å². The van der Waals surface area contributed by atoms with Crippen molar-refractivity contribution in [2.24, 2.45) is 0 Å². The number of hydrogen-bond donors (Lipinski definition) is 0. The summed E-state index contributed by atoms with van der Waals surface area (Å²) in [5.41, 5.74) is 1.32. The molecule has 2 aromatic carbocycles. The van der Waals surface area contributed by atoms with Crippen LogP contribution in [0.25, 0.3) is 6.08 Å². The van der Waals surface area contributed by atoms with E-state index in [1.165, 1.54) is 0 Å². The number of carbonyl (C=O) groups excluding carboxylic acids is 3. The molecule has 0 spiro atoms. The Morgan fingerprint density at radius 2 is 1.57 bits per heavy atom. The lowest BCUT2D eigenvalue weighted by Gasteiger charge is -2.11. The zero-order valence-corrected chi connectivity index (χ0v) is 13.0. The zero-order chi connectivity index (χ0) is 16.2. The van der Waals surface area contributed by atoms with Crippen molar-refractivity contribution in [3.05, 3.63) is 76.7 Å². The molecule has 1 fully saturated rings. The fourth-order valence-electron chi connectivity index (χ4n) is 2.20. The summed E-state index contributed by atoms with van der Waals surface area (Å²) in [4.78, 5) is 37.9. The number of amides is 2. The standard InChI is InChI=1S/C18H13NO3S/c20-15(14-9-5-2-6-10-14)12-19-17(21)16(23-18(19)22)11-13-7-3-1-4-8-13/h1-11H,12H2. The van der Waals surface area contributed by atoms with Crippen LogP contribution in [0.3, 0.4) is 0 Å². The largest absolute Gasteiger partial charge is 0.293 e. The molecule has 0 aromatic heterocycles. The highest BCUT2D eigenvalue weighted by Crippen LogP contribution is 2.32. The van der Waals surface area contributed by atoms with E-state index < -0.39 is 11.1 Å². The molecule has 1 aliphatic rings. The van der Waals surface area contributed by atoms with Gasteiger partial charge < -0.3 is 0 Å². The minimum Gasteiger partial charge on any atom is -0.292 e. The average molecular weight is 323 g/mol. The van der Waals surface area contributed by atoms with Gasteiger partial charge in [-0.05, 0) is 23.4 Å². The van der Waals surface area contributed by atoms with Gasteiger partial charge >= 0.3 is 0 Å². The molecule has 1 aliphatic heterocycles. The first kappa shape index (κ1) is 15.2. The van der Waals surface area contributed by atoms with E-state index in [1.807, 2.05) is 30.3 Å². The Morgan fingerprint density at radius 3 is 2.22 bits per heavy atom. The van der Waals surface area contributed by atoms with Crippen LogP contribution in [0.4, 0.5) is 4.79 Å². The maximum Gasteiger partial charge on any atom is 0.293 e. The fourth-order valence-corrected chi connectivity index (χ4v) is 3.03. The van der Waals surface area contributed by atoms with E-state index >= 15 is 0 Å². The molecule has 0 N–H and O–H groups in total. The normalized spacial score (nSPS) is 16.2. The lowest BCUT2D eigenvalue weighted by Crippen LogP contribution is -2.33. The Balaban J connectivity index is 1.77. The molecule has 1 heterocycles. The number of imide groups is 1. The minimum absolute atomic E-state index is 0.235. The van der Waals surface area contributed by atoms with Crippen LogP contribution in [0.5, 0.6) is 0 Å². The molecule has 2 aromatic rings. The molecule has 0 radical (unpaired) electrons. The van der Waals surface area contributed by atoms with Crippen LogP contribution in [0.1, 0.15) is 15.9 Å². The molecule has 3 rings (SSSR count). The van der Waals surface area contributed by atoms with Crippen molar-refractivity contribution in [1.29, 1.82) is 0 Å². The predicted octanol–water partition coefficient (Wildman–Crippen LogP) is 3.61. The number of hydrogen-bond acceptors (Lipinski definition) is 4. The van der Waals surface area contributed by atoms with Gasteiger partial charge in [-0.15, -0.1) is 0 Å². The molecule has 1 saturated heterocycles. The smallest absolute Gasteiger partial charge is 0.292 e. The SMILES string of the molecule is O=C(CN1C(=O)SC(=Cc2ccccc2)C1=O)c1ccccc1. The molecule has 0 aliphatic carbocycles. The lowest BCUT2D eigenvalue weighted by atomic mass is 10.1. The summed E-state index contributed by atoms with van der Waals surface area (Å²) in [6, 6.07) is 17.9. The maximum atomic E-state index is 12.4. The minimum atomic E-state index is -0.423. The number of ketones is 1. The summed E-state index contributed by atoms with van der Waals surface area (Å²) in [6.07, 6.45) is 1.66. The van der Waals surface area contributed by atoms with Crippen molar-refractivity contribution in [3.8, 4) is 0 Å². The number of benzene rings is 2. The molecule has 2 amide bonds. The summed E-state index contributed by atoms with van der Waals surface area (Å²) in [7, 11) is 0. The number of thioether (sulfide) groups is 1. The van der Waals surface area contributed by atoms with Gasteiger partial charge in [-0.3, -0.25) is 19.3 Å². The Labute approximate surface area is 137 Å². The van der Waals surface area contributed by atoms with Crippen molar-refractivity contribution in [1.82, 2.24) is 4.90 Å². The van der Waals surface area contributed by atoms with E-state index in [0.29, 0.717) is 10.5 Å². The van der Waals surface area contributed by atoms with E-state index in [0.717, 1.165) is 22.2 Å². The van der Waals surface area contributed by atoms with E-state index in [9.17, 15) is 14.4 Å². The first-order valence-electron chi connectivity index (χ1n) is 7.04. The summed E-state index contributed by atoms with van der Waals surface area (Å²) in [5.74, 6) is -0.679. The molecule has 0 saturated carbocycles. The van der Waals surface area contributed by atoms with E-state index in [1.54, 1.807) is 36.4 Å².